The van der Waals surface area contributed by atoms with Crippen LogP contribution in [0.3, 0.4) is 0 Å². The Morgan fingerprint density at radius 3 is 2.70 bits per heavy atom. The largest absolute Gasteiger partial charge is 0.396 e. The number of nitriles is 1. The number of benzene rings is 1. The molecule has 0 fully saturated rings. The average Bonchev–Trinajstić information content (AvgIpc) is 2.77. The third-order valence-electron chi connectivity index (χ3n) is 2.82. The number of nitrogens with zero attached hydrogens (tertiary/aromatic N) is 4. The fourth-order valence-corrected chi connectivity index (χ4v) is 1.91. The van der Waals surface area contributed by atoms with E-state index in [1.807, 2.05) is 36.4 Å². The number of nitrogens with two attached hydrogens (primary N) is 1. The van der Waals surface area contributed by atoms with E-state index in [9.17, 15) is 4.79 Å². The number of hydrogen-bond acceptors (Lipinski definition) is 4. The summed E-state index contributed by atoms with van der Waals surface area (Å²) in [6.45, 7) is 0.340. The zero-order chi connectivity index (χ0) is 14.5. The van der Waals surface area contributed by atoms with E-state index in [0.717, 1.165) is 5.56 Å². The van der Waals surface area contributed by atoms with Crippen molar-refractivity contribution < 1.29 is 4.79 Å². The zero-order valence-corrected chi connectivity index (χ0v) is 11.2. The summed E-state index contributed by atoms with van der Waals surface area (Å²) < 4.78 is 1.48. The van der Waals surface area contributed by atoms with Crippen molar-refractivity contribution >= 4 is 11.6 Å². The molecule has 2 rings (SSSR count). The fraction of sp³-hybridized carbons (Fsp3) is 0.214. The highest BCUT2D eigenvalue weighted by molar-refractivity contribution is 5.97. The Labute approximate surface area is 117 Å². The van der Waals surface area contributed by atoms with Gasteiger partial charge in [-0.25, -0.2) is 0 Å². The highest BCUT2D eigenvalue weighted by Crippen LogP contribution is 2.13. The number of amides is 1. The lowest BCUT2D eigenvalue weighted by atomic mass is 10.2. The Morgan fingerprint density at radius 1 is 1.45 bits per heavy atom. The van der Waals surface area contributed by atoms with E-state index in [1.54, 1.807) is 13.2 Å². The Hall–Kier alpha value is -2.81. The maximum atomic E-state index is 12.4. The first-order valence-corrected chi connectivity index (χ1v) is 6.11. The van der Waals surface area contributed by atoms with Crippen molar-refractivity contribution in [2.75, 3.05) is 12.3 Å². The van der Waals surface area contributed by atoms with Gasteiger partial charge in [0, 0.05) is 19.8 Å². The minimum atomic E-state index is -0.339. The predicted molar refractivity (Wildman–Crippen MR) is 74.4 cm³/mol. The van der Waals surface area contributed by atoms with Crippen LogP contribution in [0, 0.1) is 11.3 Å². The second-order valence-corrected chi connectivity index (χ2v) is 4.41. The van der Waals surface area contributed by atoms with Crippen LogP contribution in [-0.2, 0) is 13.6 Å². The van der Waals surface area contributed by atoms with Gasteiger partial charge < -0.3 is 10.6 Å². The van der Waals surface area contributed by atoms with Crippen LogP contribution in [0.2, 0.25) is 0 Å². The number of anilines is 1. The molecule has 0 radical (unpaired) electrons. The van der Waals surface area contributed by atoms with E-state index >= 15 is 0 Å². The highest BCUT2D eigenvalue weighted by atomic mass is 16.2. The molecule has 0 saturated heterocycles. The highest BCUT2D eigenvalue weighted by Gasteiger charge is 2.21. The van der Waals surface area contributed by atoms with Crippen LogP contribution in [-0.4, -0.2) is 27.1 Å². The van der Waals surface area contributed by atoms with E-state index in [4.69, 9.17) is 11.0 Å². The maximum absolute atomic E-state index is 12.4. The van der Waals surface area contributed by atoms with Crippen LogP contribution in [0.5, 0.6) is 0 Å². The van der Waals surface area contributed by atoms with E-state index in [2.05, 4.69) is 5.10 Å². The van der Waals surface area contributed by atoms with Gasteiger partial charge in [-0.2, -0.15) is 10.4 Å². The molecule has 0 atom stereocenters. The van der Waals surface area contributed by atoms with Crippen molar-refractivity contribution in [2.45, 2.75) is 6.54 Å². The zero-order valence-electron chi connectivity index (χ0n) is 11.2. The first-order valence-electron chi connectivity index (χ1n) is 6.11. The molecule has 1 aromatic heterocycles. The molecule has 20 heavy (non-hydrogen) atoms. The number of carbonyl (C=O) groups excluding carboxylic acids is 1. The van der Waals surface area contributed by atoms with Gasteiger partial charge in [0.25, 0.3) is 5.91 Å². The van der Waals surface area contributed by atoms with Crippen molar-refractivity contribution in [3.8, 4) is 6.07 Å². The van der Waals surface area contributed by atoms with Crippen LogP contribution in [0.25, 0.3) is 0 Å². The van der Waals surface area contributed by atoms with Crippen LogP contribution in [0.15, 0.2) is 36.5 Å². The minimum absolute atomic E-state index is 0.0102. The average molecular weight is 269 g/mol. The fourth-order valence-electron chi connectivity index (χ4n) is 1.91. The third kappa shape index (κ3) is 2.95. The topological polar surface area (TPSA) is 87.9 Å². The molecule has 2 aromatic rings. The molecule has 1 heterocycles. The molecule has 0 bridgehead atoms. The number of carbonyl (C=O) groups is 1. The van der Waals surface area contributed by atoms with E-state index in [-0.39, 0.29) is 18.1 Å². The smallest absolute Gasteiger partial charge is 0.277 e. The maximum Gasteiger partial charge on any atom is 0.277 e. The Kier molecular flexibility index (Phi) is 4.01. The summed E-state index contributed by atoms with van der Waals surface area (Å²) in [6, 6.07) is 11.5. The number of nitrogen functional groups attached to an aromatic ring is 1. The summed E-state index contributed by atoms with van der Waals surface area (Å²) in [6.07, 6.45) is 1.57. The van der Waals surface area contributed by atoms with Gasteiger partial charge >= 0.3 is 0 Å². The standard InChI is InChI=1S/C14H15N5O/c1-18-10-12(16)13(17-18)14(20)19(8-7-15)9-11-5-3-2-4-6-11/h2-6,10H,8-9,16H2,1H3. The summed E-state index contributed by atoms with van der Waals surface area (Å²) in [5.41, 5.74) is 7.20. The molecule has 0 saturated carbocycles. The quantitative estimate of drug-likeness (QED) is 0.844. The van der Waals surface area contributed by atoms with Crippen LogP contribution in [0.4, 0.5) is 5.69 Å². The summed E-state index contributed by atoms with van der Waals surface area (Å²) in [5, 5.41) is 12.9. The second kappa shape index (κ2) is 5.89. The summed E-state index contributed by atoms with van der Waals surface area (Å²) in [4.78, 5) is 13.8. The molecular formula is C14H15N5O. The van der Waals surface area contributed by atoms with Gasteiger partial charge in [-0.05, 0) is 5.56 Å². The van der Waals surface area contributed by atoms with Crippen molar-refractivity contribution in [1.29, 1.82) is 5.26 Å². The van der Waals surface area contributed by atoms with Gasteiger partial charge in [0.05, 0.1) is 11.8 Å². The predicted octanol–water partition coefficient (Wildman–Crippen LogP) is 1.17. The molecule has 0 aliphatic rings. The van der Waals surface area contributed by atoms with Crippen molar-refractivity contribution in [1.82, 2.24) is 14.7 Å². The monoisotopic (exact) mass is 269 g/mol. The molecule has 0 aliphatic carbocycles. The molecule has 0 aliphatic heterocycles. The number of rotatable bonds is 4. The van der Waals surface area contributed by atoms with E-state index in [0.29, 0.717) is 12.2 Å². The Bertz CT molecular complexity index is 641. The van der Waals surface area contributed by atoms with Gasteiger partial charge in [-0.3, -0.25) is 9.48 Å². The van der Waals surface area contributed by atoms with Crippen LogP contribution >= 0.6 is 0 Å². The van der Waals surface area contributed by atoms with Gasteiger partial charge in [-0.1, -0.05) is 30.3 Å². The molecule has 102 valence electrons. The van der Waals surface area contributed by atoms with Gasteiger partial charge in [0.2, 0.25) is 0 Å². The Morgan fingerprint density at radius 2 is 2.15 bits per heavy atom. The van der Waals surface area contributed by atoms with Gasteiger partial charge in [0.1, 0.15) is 6.54 Å². The number of aryl methyl sites for hydroxylation is 1. The second-order valence-electron chi connectivity index (χ2n) is 4.41. The normalized spacial score (nSPS) is 10.0. The molecule has 2 N–H and O–H groups in total. The molecule has 0 spiro atoms. The number of aromatic nitrogens is 2. The SMILES string of the molecule is Cn1cc(N)c(C(=O)N(CC#N)Cc2ccccc2)n1. The lowest BCUT2D eigenvalue weighted by molar-refractivity contribution is 0.0759. The molecular weight excluding hydrogens is 254 g/mol. The lowest BCUT2D eigenvalue weighted by Gasteiger charge is -2.18. The van der Waals surface area contributed by atoms with Crippen LogP contribution in [0.1, 0.15) is 16.1 Å². The summed E-state index contributed by atoms with van der Waals surface area (Å²) >= 11 is 0. The molecule has 0 unspecified atom stereocenters. The Balaban J connectivity index is 2.23. The van der Waals surface area contributed by atoms with Crippen molar-refractivity contribution in [2.24, 2.45) is 7.05 Å². The first kappa shape index (κ1) is 13.6. The molecule has 1 amide bonds. The third-order valence-corrected chi connectivity index (χ3v) is 2.82. The van der Waals surface area contributed by atoms with Gasteiger partial charge in [0.15, 0.2) is 5.69 Å². The van der Waals surface area contributed by atoms with Crippen molar-refractivity contribution in [3.05, 3.63) is 47.8 Å². The van der Waals surface area contributed by atoms with Crippen molar-refractivity contribution in [3.63, 3.8) is 0 Å². The molecule has 6 nitrogen and oxygen atoms in total. The minimum Gasteiger partial charge on any atom is -0.396 e. The molecule has 1 aromatic carbocycles. The first-order chi connectivity index (χ1) is 9.61. The van der Waals surface area contributed by atoms with E-state index < -0.39 is 0 Å². The van der Waals surface area contributed by atoms with E-state index in [1.165, 1.54) is 9.58 Å². The van der Waals surface area contributed by atoms with Gasteiger partial charge in [-0.15, -0.1) is 0 Å². The lowest BCUT2D eigenvalue weighted by Crippen LogP contribution is -2.31. The molecule has 6 heteroatoms. The summed E-state index contributed by atoms with van der Waals surface area (Å²) in [7, 11) is 1.69. The number of hydrogen-bond donors (Lipinski definition) is 1. The van der Waals surface area contributed by atoms with Crippen LogP contribution < -0.4 is 5.73 Å². The summed E-state index contributed by atoms with van der Waals surface area (Å²) in [5.74, 6) is -0.339.